The fourth-order valence-corrected chi connectivity index (χ4v) is 8.61. The van der Waals surface area contributed by atoms with Gasteiger partial charge in [0.1, 0.15) is 29.5 Å². The highest BCUT2D eigenvalue weighted by Gasteiger charge is 2.63. The molecule has 0 bridgehead atoms. The molecule has 312 valence electrons. The van der Waals surface area contributed by atoms with Crippen molar-refractivity contribution >= 4 is 44.6 Å². The van der Waals surface area contributed by atoms with Crippen molar-refractivity contribution in [3.63, 3.8) is 0 Å². The van der Waals surface area contributed by atoms with E-state index in [9.17, 15) is 36.4 Å². The van der Waals surface area contributed by atoms with Crippen LogP contribution in [0.1, 0.15) is 79.6 Å². The number of benzene rings is 1. The third kappa shape index (κ3) is 8.66. The number of alkyl carbamates (subject to hydrolysis) is 1. The minimum atomic E-state index is -4.07. The van der Waals surface area contributed by atoms with Gasteiger partial charge in [0.25, 0.3) is 12.3 Å². The number of carbonyl (C=O) groups is 4. The number of rotatable bonds is 10. The number of amides is 4. The molecule has 57 heavy (non-hydrogen) atoms. The van der Waals surface area contributed by atoms with Crippen molar-refractivity contribution in [2.45, 2.75) is 132 Å². The highest BCUT2D eigenvalue weighted by atomic mass is 32.2. The molecule has 6 rings (SSSR count). The second kappa shape index (κ2) is 16.0. The summed E-state index contributed by atoms with van der Waals surface area (Å²) in [5.41, 5.74) is -3.83. The third-order valence-electron chi connectivity index (χ3n) is 11.4. The summed E-state index contributed by atoms with van der Waals surface area (Å²) < 4.78 is 78.2. The molecular formula is C39H51F2N5O10S. The van der Waals surface area contributed by atoms with Crippen molar-refractivity contribution in [2.24, 2.45) is 5.92 Å². The van der Waals surface area contributed by atoms with Gasteiger partial charge in [-0.05, 0) is 72.3 Å². The summed E-state index contributed by atoms with van der Waals surface area (Å²) in [6.07, 6.45) is 0.335. The fraction of sp³-hybridized carbons (Fsp3) is 0.615. The Morgan fingerprint density at radius 1 is 1.18 bits per heavy atom. The number of allylic oxidation sites excluding steroid dienone is 1. The molecule has 3 N–H and O–H groups in total. The van der Waals surface area contributed by atoms with Crippen LogP contribution in [-0.4, -0.2) is 108 Å². The lowest BCUT2D eigenvalue weighted by Gasteiger charge is -2.34. The smallest absolute Gasteiger partial charge is 0.408 e. The molecule has 1 aromatic carbocycles. The van der Waals surface area contributed by atoms with Crippen molar-refractivity contribution in [2.75, 3.05) is 13.7 Å². The Kier molecular flexibility index (Phi) is 11.8. The van der Waals surface area contributed by atoms with Gasteiger partial charge < -0.3 is 34.5 Å². The van der Waals surface area contributed by atoms with E-state index in [2.05, 4.69) is 20.3 Å². The van der Waals surface area contributed by atoms with Crippen LogP contribution in [0.15, 0.2) is 42.6 Å². The van der Waals surface area contributed by atoms with Gasteiger partial charge in [0.05, 0.1) is 36.8 Å². The number of methoxy groups -OCH3 is 1. The van der Waals surface area contributed by atoms with Crippen LogP contribution in [0, 0.1) is 5.92 Å². The van der Waals surface area contributed by atoms with E-state index in [4.69, 9.17) is 18.9 Å². The van der Waals surface area contributed by atoms with E-state index in [1.165, 1.54) is 18.2 Å². The second-order valence-electron chi connectivity index (χ2n) is 16.1. The number of hydrogen-bond donors (Lipinski definition) is 3. The molecule has 3 heterocycles. The van der Waals surface area contributed by atoms with Gasteiger partial charge >= 0.3 is 6.09 Å². The number of pyridine rings is 1. The molecule has 0 unspecified atom stereocenters. The summed E-state index contributed by atoms with van der Waals surface area (Å²) in [5.74, 6) is -2.29. The normalized spacial score (nSPS) is 29.5. The van der Waals surface area contributed by atoms with E-state index in [1.807, 2.05) is 18.2 Å². The quantitative estimate of drug-likeness (QED) is 0.292. The first-order valence-corrected chi connectivity index (χ1v) is 20.7. The average molecular weight is 820 g/mol. The van der Waals surface area contributed by atoms with Gasteiger partial charge in [0, 0.05) is 23.1 Å². The van der Waals surface area contributed by atoms with Crippen LogP contribution in [0.25, 0.3) is 10.8 Å². The monoisotopic (exact) mass is 819 g/mol. The lowest BCUT2D eigenvalue weighted by atomic mass is 10.0. The maximum absolute atomic E-state index is 14.8. The summed E-state index contributed by atoms with van der Waals surface area (Å²) >= 11 is 0. The van der Waals surface area contributed by atoms with Gasteiger partial charge in [-0.1, -0.05) is 37.3 Å². The first kappa shape index (κ1) is 42.0. The number of nitrogens with one attached hydrogen (secondary N) is 3. The number of aromatic nitrogens is 1. The lowest BCUT2D eigenvalue weighted by Crippen LogP contribution is -2.61. The van der Waals surface area contributed by atoms with E-state index in [1.54, 1.807) is 39.0 Å². The van der Waals surface area contributed by atoms with Crippen LogP contribution in [-0.2, 0) is 33.9 Å². The predicted octanol–water partition coefficient (Wildman–Crippen LogP) is 4.14. The summed E-state index contributed by atoms with van der Waals surface area (Å²) in [7, 11) is -2.56. The lowest BCUT2D eigenvalue weighted by molar-refractivity contribution is -0.145. The maximum atomic E-state index is 14.8. The molecule has 1 saturated heterocycles. The number of alkyl halides is 2. The molecule has 3 fully saturated rings. The number of halogens is 2. The first-order chi connectivity index (χ1) is 26.8. The largest absolute Gasteiger partial charge is 0.494 e. The van der Waals surface area contributed by atoms with Crippen LogP contribution in [0.2, 0.25) is 0 Å². The molecule has 15 nitrogen and oxygen atoms in total. The highest BCUT2D eigenvalue weighted by Crippen LogP contribution is 2.47. The molecule has 2 aromatic rings. The van der Waals surface area contributed by atoms with E-state index >= 15 is 0 Å². The van der Waals surface area contributed by atoms with Gasteiger partial charge in [-0.15, -0.1) is 0 Å². The molecule has 0 radical (unpaired) electrons. The molecular weight excluding hydrogens is 769 g/mol. The minimum Gasteiger partial charge on any atom is -0.494 e. The van der Waals surface area contributed by atoms with Crippen LogP contribution >= 0.6 is 0 Å². The van der Waals surface area contributed by atoms with Crippen molar-refractivity contribution in [1.29, 1.82) is 0 Å². The summed E-state index contributed by atoms with van der Waals surface area (Å²) in [5, 5.41) is 6.57. The SMILES string of the molecule is CC[C@@H]1O[C@@H](C)CC/C=C\[C@@H]2C[C@@]2(C(=O)NS(=O)(=O)C2(C)CC2)NC(=O)[C@@H]2C[C@@H](Oc3ncc(OC)c4ccccc34)CN2C(=O)[C@H]1NC(=O)OC(C)(C)C(F)F. The predicted molar refractivity (Wildman–Crippen MR) is 203 cm³/mol. The number of sulfonamides is 1. The standard InChI is InChI=1S/C39H51F2N5O10S/c1-7-28-30(43-36(50)56-37(3,4)34(40)41)33(48)46-21-24(55-32-26-15-11-10-14-25(26)29(53-6)20-42-32)18-27(46)31(47)44-39(19-23(39)13-9-8-12-22(2)54-28)35(49)45-57(51,52)38(5)16-17-38/h9-11,13-15,20,22-24,27-28,30,34H,7-8,12,16-19,21H2,1-6H3,(H,43,50)(H,44,47)(H,45,49)/b13-9-/t22-,23+,24+,27-,28-,30-,39+/m0/s1. The first-order valence-electron chi connectivity index (χ1n) is 19.2. The highest BCUT2D eigenvalue weighted by molar-refractivity contribution is 7.91. The van der Waals surface area contributed by atoms with Gasteiger partial charge in [-0.25, -0.2) is 27.0 Å². The Morgan fingerprint density at radius 2 is 1.88 bits per heavy atom. The second-order valence-corrected chi connectivity index (χ2v) is 18.3. The Hall–Kier alpha value is -4.58. The third-order valence-corrected chi connectivity index (χ3v) is 13.5. The van der Waals surface area contributed by atoms with Crippen molar-refractivity contribution in [3.05, 3.63) is 42.6 Å². The molecule has 18 heteroatoms. The Labute approximate surface area is 330 Å². The van der Waals surface area contributed by atoms with Crippen molar-refractivity contribution in [3.8, 4) is 11.6 Å². The van der Waals surface area contributed by atoms with Gasteiger partial charge in [-0.3, -0.25) is 19.1 Å². The molecule has 2 aliphatic carbocycles. The molecule has 4 aliphatic rings. The van der Waals surface area contributed by atoms with Gasteiger partial charge in [0.2, 0.25) is 27.7 Å². The Balaban J connectivity index is 1.37. The molecule has 2 aliphatic heterocycles. The topological polar surface area (TPSA) is 192 Å². The zero-order valence-corrected chi connectivity index (χ0v) is 33.7. The molecule has 2 saturated carbocycles. The van der Waals surface area contributed by atoms with Gasteiger partial charge in [-0.2, -0.15) is 0 Å². The van der Waals surface area contributed by atoms with E-state index in [-0.39, 0.29) is 31.7 Å². The van der Waals surface area contributed by atoms with Crippen molar-refractivity contribution < 1.29 is 55.3 Å². The molecule has 7 atom stereocenters. The molecule has 0 spiro atoms. The summed E-state index contributed by atoms with van der Waals surface area (Å²) in [6.45, 7) is 6.93. The molecule has 4 amide bonds. The number of fused-ring (bicyclic) bond motifs is 3. The average Bonchev–Trinajstić information content (AvgIpc) is 4.04. The Morgan fingerprint density at radius 3 is 2.53 bits per heavy atom. The summed E-state index contributed by atoms with van der Waals surface area (Å²) in [6, 6.07) is 4.39. The molecule has 1 aromatic heterocycles. The zero-order chi connectivity index (χ0) is 41.5. The van der Waals surface area contributed by atoms with E-state index in [0.29, 0.717) is 42.2 Å². The number of ether oxygens (including phenoxy) is 4. The number of nitrogens with zero attached hydrogens (tertiary/aromatic N) is 2. The fourth-order valence-electron chi connectivity index (χ4n) is 7.30. The summed E-state index contributed by atoms with van der Waals surface area (Å²) in [4.78, 5) is 62.1. The van der Waals surface area contributed by atoms with E-state index < -0.39 is 92.5 Å². The van der Waals surface area contributed by atoms with Crippen LogP contribution in [0.5, 0.6) is 11.6 Å². The van der Waals surface area contributed by atoms with Gasteiger partial charge in [0.15, 0.2) is 5.60 Å². The van der Waals surface area contributed by atoms with Crippen LogP contribution in [0.4, 0.5) is 13.6 Å². The maximum Gasteiger partial charge on any atom is 0.408 e. The Bertz CT molecular complexity index is 2030. The van der Waals surface area contributed by atoms with E-state index in [0.717, 1.165) is 13.8 Å². The van der Waals surface area contributed by atoms with Crippen LogP contribution in [0.3, 0.4) is 0 Å². The zero-order valence-electron chi connectivity index (χ0n) is 32.9. The number of hydrogen-bond acceptors (Lipinski definition) is 11. The van der Waals surface area contributed by atoms with Crippen LogP contribution < -0.4 is 24.8 Å². The van der Waals surface area contributed by atoms with Crippen molar-refractivity contribution in [1.82, 2.24) is 25.2 Å². The number of carbonyl (C=O) groups excluding carboxylic acids is 4. The minimum absolute atomic E-state index is 0.0994.